The fourth-order valence-corrected chi connectivity index (χ4v) is 3.07. The topological polar surface area (TPSA) is 39.1 Å². The minimum atomic E-state index is -0.468. The van der Waals surface area contributed by atoms with Crippen molar-refractivity contribution in [3.05, 3.63) is 35.4 Å². The van der Waals surface area contributed by atoms with Crippen molar-refractivity contribution < 1.29 is 0 Å². The Morgan fingerprint density at radius 3 is 2.25 bits per heavy atom. The first-order valence-corrected chi connectivity index (χ1v) is 7.50. The van der Waals surface area contributed by atoms with Crippen LogP contribution in [0.2, 0.25) is 0 Å². The van der Waals surface area contributed by atoms with E-state index in [0.29, 0.717) is 6.04 Å². The van der Waals surface area contributed by atoms with Crippen LogP contribution >= 0.6 is 0 Å². The molecule has 0 amide bonds. The van der Waals surface area contributed by atoms with Crippen molar-refractivity contribution in [2.75, 3.05) is 19.6 Å². The van der Waals surface area contributed by atoms with Crippen LogP contribution in [0.3, 0.4) is 0 Å². The molecule has 0 radical (unpaired) electrons. The standard InChI is InChI=1S/C17H25N3/c1-14(2)19-17(3,12-18)13-20-10-8-15-6-4-5-7-16(15)9-11-20/h4-7,14,19H,8-11,13H2,1-3H3. The molecule has 1 heterocycles. The average Bonchev–Trinajstić information content (AvgIpc) is 2.61. The number of fused-ring (bicyclic) bond motifs is 1. The van der Waals surface area contributed by atoms with Gasteiger partial charge >= 0.3 is 0 Å². The lowest BCUT2D eigenvalue weighted by atomic mass is 10.0. The summed E-state index contributed by atoms with van der Waals surface area (Å²) < 4.78 is 0. The lowest BCUT2D eigenvalue weighted by Crippen LogP contribution is -2.53. The van der Waals surface area contributed by atoms with Crippen LogP contribution in [0.25, 0.3) is 0 Å². The summed E-state index contributed by atoms with van der Waals surface area (Å²) in [6, 6.07) is 11.5. The Hall–Kier alpha value is -1.37. The molecule has 3 nitrogen and oxygen atoms in total. The molecule has 1 unspecified atom stereocenters. The summed E-state index contributed by atoms with van der Waals surface area (Å²) in [5, 5.41) is 12.9. The van der Waals surface area contributed by atoms with Gasteiger partial charge in [0.1, 0.15) is 5.54 Å². The maximum atomic E-state index is 9.47. The molecule has 0 spiro atoms. The molecule has 108 valence electrons. The number of nitrogens with one attached hydrogen (secondary N) is 1. The largest absolute Gasteiger partial charge is 0.300 e. The highest BCUT2D eigenvalue weighted by atomic mass is 15.2. The number of rotatable bonds is 4. The summed E-state index contributed by atoms with van der Waals surface area (Å²) in [5.41, 5.74) is 2.46. The van der Waals surface area contributed by atoms with E-state index in [0.717, 1.165) is 32.5 Å². The minimum Gasteiger partial charge on any atom is -0.300 e. The molecule has 1 aromatic carbocycles. The third-order valence-electron chi connectivity index (χ3n) is 3.91. The van der Waals surface area contributed by atoms with Crippen molar-refractivity contribution in [2.24, 2.45) is 0 Å². The van der Waals surface area contributed by atoms with Gasteiger partial charge in [-0.25, -0.2) is 0 Å². The molecule has 20 heavy (non-hydrogen) atoms. The number of benzene rings is 1. The smallest absolute Gasteiger partial charge is 0.116 e. The molecule has 0 saturated carbocycles. The van der Waals surface area contributed by atoms with Crippen LogP contribution in [0.15, 0.2) is 24.3 Å². The lowest BCUT2D eigenvalue weighted by Gasteiger charge is -2.32. The molecule has 3 heteroatoms. The molecule has 1 aliphatic rings. The van der Waals surface area contributed by atoms with Crippen LogP contribution in [0.5, 0.6) is 0 Å². The molecule has 0 aliphatic carbocycles. The fourth-order valence-electron chi connectivity index (χ4n) is 3.07. The molecular formula is C17H25N3. The first-order chi connectivity index (χ1) is 9.52. The maximum Gasteiger partial charge on any atom is 0.116 e. The SMILES string of the molecule is CC(C)NC(C)(C#N)CN1CCc2ccccc2CC1. The first kappa shape index (κ1) is 15.0. The second-order valence-electron chi connectivity index (χ2n) is 6.29. The Morgan fingerprint density at radius 1 is 1.25 bits per heavy atom. The number of nitriles is 1. The van der Waals surface area contributed by atoms with Crippen molar-refractivity contribution in [1.82, 2.24) is 10.2 Å². The van der Waals surface area contributed by atoms with Crippen molar-refractivity contribution in [3.63, 3.8) is 0 Å². The zero-order valence-corrected chi connectivity index (χ0v) is 12.8. The zero-order chi connectivity index (χ0) is 14.6. The van der Waals surface area contributed by atoms with E-state index in [4.69, 9.17) is 0 Å². The van der Waals surface area contributed by atoms with Gasteiger partial charge in [0, 0.05) is 25.7 Å². The van der Waals surface area contributed by atoms with Gasteiger partial charge in [-0.15, -0.1) is 0 Å². The number of nitrogens with zero attached hydrogens (tertiary/aromatic N) is 2. The molecule has 1 aliphatic heterocycles. The van der Waals surface area contributed by atoms with Crippen molar-refractivity contribution in [3.8, 4) is 6.07 Å². The van der Waals surface area contributed by atoms with Crippen LogP contribution in [-0.4, -0.2) is 36.1 Å². The third-order valence-corrected chi connectivity index (χ3v) is 3.91. The Morgan fingerprint density at radius 2 is 1.80 bits per heavy atom. The van der Waals surface area contributed by atoms with E-state index in [2.05, 4.69) is 54.4 Å². The van der Waals surface area contributed by atoms with Crippen LogP contribution in [0.4, 0.5) is 0 Å². The summed E-state index contributed by atoms with van der Waals surface area (Å²) in [4.78, 5) is 2.42. The van der Waals surface area contributed by atoms with Crippen LogP contribution in [-0.2, 0) is 12.8 Å². The Bertz CT molecular complexity index is 462. The third kappa shape index (κ3) is 3.82. The average molecular weight is 271 g/mol. The van der Waals surface area contributed by atoms with Gasteiger partial charge in [0.15, 0.2) is 0 Å². The van der Waals surface area contributed by atoms with Crippen molar-refractivity contribution >= 4 is 0 Å². The maximum absolute atomic E-state index is 9.47. The Kier molecular flexibility index (Phi) is 4.80. The normalized spacial score (nSPS) is 18.9. The van der Waals surface area contributed by atoms with Gasteiger partial charge in [-0.05, 0) is 44.7 Å². The second-order valence-corrected chi connectivity index (χ2v) is 6.29. The Balaban J connectivity index is 2.01. The highest BCUT2D eigenvalue weighted by molar-refractivity contribution is 5.28. The van der Waals surface area contributed by atoms with Gasteiger partial charge in [0.2, 0.25) is 0 Å². The van der Waals surface area contributed by atoms with Gasteiger partial charge in [-0.3, -0.25) is 10.2 Å². The second kappa shape index (κ2) is 6.39. The summed E-state index contributed by atoms with van der Waals surface area (Å²) in [7, 11) is 0. The summed E-state index contributed by atoms with van der Waals surface area (Å²) >= 11 is 0. The van der Waals surface area contributed by atoms with E-state index in [1.807, 2.05) is 6.92 Å². The molecule has 0 saturated heterocycles. The van der Waals surface area contributed by atoms with E-state index in [1.165, 1.54) is 11.1 Å². The molecule has 0 aromatic heterocycles. The van der Waals surface area contributed by atoms with Gasteiger partial charge in [-0.1, -0.05) is 24.3 Å². The fraction of sp³-hybridized carbons (Fsp3) is 0.588. The predicted octanol–water partition coefficient (Wildman–Crippen LogP) is 2.37. The summed E-state index contributed by atoms with van der Waals surface area (Å²) in [6.07, 6.45) is 2.17. The highest BCUT2D eigenvalue weighted by Crippen LogP contribution is 2.17. The van der Waals surface area contributed by atoms with Gasteiger partial charge in [0.25, 0.3) is 0 Å². The van der Waals surface area contributed by atoms with Gasteiger partial charge < -0.3 is 0 Å². The van der Waals surface area contributed by atoms with Crippen LogP contribution in [0.1, 0.15) is 31.9 Å². The van der Waals surface area contributed by atoms with Crippen LogP contribution in [0, 0.1) is 11.3 Å². The summed E-state index contributed by atoms with van der Waals surface area (Å²) in [6.45, 7) is 9.05. The van der Waals surface area contributed by atoms with E-state index in [-0.39, 0.29) is 0 Å². The molecular weight excluding hydrogens is 246 g/mol. The molecule has 0 fully saturated rings. The van der Waals surface area contributed by atoms with Crippen molar-refractivity contribution in [1.29, 1.82) is 5.26 Å². The first-order valence-electron chi connectivity index (χ1n) is 7.50. The number of hydrogen-bond acceptors (Lipinski definition) is 3. The van der Waals surface area contributed by atoms with Crippen molar-refractivity contribution in [2.45, 2.75) is 45.2 Å². The molecule has 0 bridgehead atoms. The number of hydrogen-bond donors (Lipinski definition) is 1. The molecule has 1 aromatic rings. The zero-order valence-electron chi connectivity index (χ0n) is 12.8. The highest BCUT2D eigenvalue weighted by Gasteiger charge is 2.28. The quantitative estimate of drug-likeness (QED) is 0.914. The molecule has 2 rings (SSSR count). The monoisotopic (exact) mass is 271 g/mol. The minimum absolute atomic E-state index is 0.323. The van der Waals surface area contributed by atoms with Gasteiger partial charge in [-0.2, -0.15) is 5.26 Å². The van der Waals surface area contributed by atoms with E-state index in [1.54, 1.807) is 0 Å². The van der Waals surface area contributed by atoms with E-state index < -0.39 is 5.54 Å². The molecule has 1 atom stereocenters. The predicted molar refractivity (Wildman–Crippen MR) is 82.6 cm³/mol. The van der Waals surface area contributed by atoms with E-state index >= 15 is 0 Å². The van der Waals surface area contributed by atoms with Crippen LogP contribution < -0.4 is 5.32 Å². The van der Waals surface area contributed by atoms with E-state index in [9.17, 15) is 5.26 Å². The van der Waals surface area contributed by atoms with Gasteiger partial charge in [0.05, 0.1) is 6.07 Å². The lowest BCUT2D eigenvalue weighted by molar-refractivity contribution is 0.221. The Labute approximate surface area is 122 Å². The molecule has 1 N–H and O–H groups in total. The summed E-state index contributed by atoms with van der Waals surface area (Å²) in [5.74, 6) is 0.